The molecule has 0 fully saturated rings. The van der Waals surface area contributed by atoms with Gasteiger partial charge in [-0.15, -0.1) is 20.6 Å². The number of para-hydroxylation sites is 1. The first-order valence-corrected chi connectivity index (χ1v) is 10.3. The smallest absolute Gasteiger partial charge is 0.414 e. The molecule has 118 valence electrons. The van der Waals surface area contributed by atoms with E-state index in [1.807, 2.05) is 0 Å². The van der Waals surface area contributed by atoms with Crippen LogP contribution < -0.4 is 8.43 Å². The minimum absolute atomic E-state index is 0. The van der Waals surface area contributed by atoms with Crippen LogP contribution in [-0.2, 0) is 0 Å². The van der Waals surface area contributed by atoms with Crippen LogP contribution >= 0.6 is 12.4 Å². The first-order valence-electron chi connectivity index (χ1n) is 8.59. The molecule has 0 amide bonds. The third-order valence-electron chi connectivity index (χ3n) is 3.78. The van der Waals surface area contributed by atoms with Gasteiger partial charge in [0, 0.05) is 0 Å². The van der Waals surface area contributed by atoms with Gasteiger partial charge in [0.1, 0.15) is 0 Å². The molecule has 0 aliphatic heterocycles. The summed E-state index contributed by atoms with van der Waals surface area (Å²) in [7, 11) is 0. The topological polar surface area (TPSA) is 9.23 Å². The average Bonchev–Trinajstić information content (AvgIpc) is 2.48. The predicted molar refractivity (Wildman–Crippen MR) is 97.7 cm³/mol. The molecule has 1 aromatic rings. The molecule has 0 unspecified atom stereocenters. The number of ether oxygens (including phenoxy) is 1. The summed E-state index contributed by atoms with van der Waals surface area (Å²) >= 11 is -0.127. The van der Waals surface area contributed by atoms with Crippen molar-refractivity contribution >= 4 is 36.5 Å². The quantitative estimate of drug-likeness (QED) is 0.370. The summed E-state index contributed by atoms with van der Waals surface area (Å²) in [5, 5.41) is 0. The lowest BCUT2D eigenvalue weighted by atomic mass is 10.1. The second kappa shape index (κ2) is 15.0. The maximum Gasteiger partial charge on any atom is 0.414 e. The van der Waals surface area contributed by atoms with Crippen molar-refractivity contribution in [3.05, 3.63) is 24.3 Å². The molecular formula is C18H31ClMgO. The van der Waals surface area contributed by atoms with Crippen molar-refractivity contribution in [2.45, 2.75) is 69.8 Å². The maximum absolute atomic E-state index is 6.01. The van der Waals surface area contributed by atoms with E-state index in [4.69, 9.17) is 4.74 Å². The Labute approximate surface area is 147 Å². The monoisotopic (exact) mass is 322 g/mol. The summed E-state index contributed by atoms with van der Waals surface area (Å²) in [6.07, 6.45) is 10.7. The Morgan fingerprint density at radius 2 is 1.52 bits per heavy atom. The molecule has 0 aliphatic carbocycles. The second-order valence-electron chi connectivity index (χ2n) is 5.68. The maximum atomic E-state index is 6.01. The molecule has 0 saturated carbocycles. The van der Waals surface area contributed by atoms with Crippen LogP contribution in [0.5, 0.6) is 5.75 Å². The van der Waals surface area contributed by atoms with Gasteiger partial charge in [-0.2, -0.15) is 0 Å². The zero-order valence-corrected chi connectivity index (χ0v) is 16.1. The van der Waals surface area contributed by atoms with Crippen LogP contribution in [0.3, 0.4) is 0 Å². The van der Waals surface area contributed by atoms with Gasteiger partial charge < -0.3 is 4.74 Å². The highest BCUT2D eigenvalue weighted by Gasteiger charge is 2.05. The molecular weight excluding hydrogens is 292 g/mol. The van der Waals surface area contributed by atoms with Crippen LogP contribution in [-0.4, -0.2) is 27.0 Å². The van der Waals surface area contributed by atoms with Gasteiger partial charge >= 0.3 is 20.4 Å². The summed E-state index contributed by atoms with van der Waals surface area (Å²) in [5.41, 5.74) is 0. The molecule has 21 heavy (non-hydrogen) atoms. The van der Waals surface area contributed by atoms with Gasteiger partial charge in [0.2, 0.25) is 0 Å². The molecule has 0 N–H and O–H groups in total. The van der Waals surface area contributed by atoms with E-state index < -0.39 is 0 Å². The molecule has 0 bridgehead atoms. The van der Waals surface area contributed by atoms with Gasteiger partial charge in [-0.25, -0.2) is 0 Å². The largest absolute Gasteiger partial charge is 0.496 e. The average molecular weight is 323 g/mol. The Morgan fingerprint density at radius 3 is 2.29 bits per heavy atom. The van der Waals surface area contributed by atoms with Crippen LogP contribution in [0.4, 0.5) is 0 Å². The van der Waals surface area contributed by atoms with Crippen LogP contribution in [0.25, 0.3) is 0 Å². The Bertz CT molecular complexity index is 344. The summed E-state index contributed by atoms with van der Waals surface area (Å²) in [5.74, 6) is 1.17. The van der Waals surface area contributed by atoms with E-state index in [1.165, 1.54) is 65.4 Å². The number of hydrogen-bond acceptors (Lipinski definition) is 1. The fraction of sp³-hybridized carbons (Fsp3) is 0.667. The fourth-order valence-electron chi connectivity index (χ4n) is 2.48. The third kappa shape index (κ3) is 10.4. The van der Waals surface area contributed by atoms with Crippen molar-refractivity contribution in [2.24, 2.45) is 0 Å². The van der Waals surface area contributed by atoms with E-state index in [0.29, 0.717) is 0 Å². The number of unbranched alkanes of at least 4 members (excludes halogenated alkanes) is 6. The van der Waals surface area contributed by atoms with Crippen LogP contribution in [0.15, 0.2) is 24.3 Å². The van der Waals surface area contributed by atoms with Crippen LogP contribution in [0, 0.1) is 0 Å². The molecule has 0 heterocycles. The number of benzene rings is 1. The van der Waals surface area contributed by atoms with Crippen molar-refractivity contribution in [1.82, 2.24) is 0 Å². The van der Waals surface area contributed by atoms with E-state index >= 15 is 0 Å². The fourth-order valence-corrected chi connectivity index (χ4v) is 4.38. The zero-order valence-electron chi connectivity index (χ0n) is 13.9. The summed E-state index contributed by atoms with van der Waals surface area (Å²) in [6.45, 7) is 5.43. The minimum Gasteiger partial charge on any atom is -0.496 e. The molecule has 3 heteroatoms. The van der Waals surface area contributed by atoms with Gasteiger partial charge in [-0.3, -0.25) is 0 Å². The first kappa shape index (κ1) is 21.1. The standard InChI is InChI=1S/C14H21O.C4H9.ClH.Mg/c1-2-3-4-5-6-10-13-15-14-11-8-7-9-12-14;1-3-4-2;;/h7-9,11H,2-6,10,13H2,1H3;1,3-4H2,2H3;1H;. The predicted octanol–water partition coefficient (Wildman–Crippen LogP) is 5.40. The molecule has 0 aliphatic rings. The molecule has 0 aromatic heterocycles. The van der Waals surface area contributed by atoms with Gasteiger partial charge in [0.05, 0.1) is 12.4 Å². The molecule has 0 spiro atoms. The highest BCUT2D eigenvalue weighted by Crippen LogP contribution is 2.10. The molecule has 0 radical (unpaired) electrons. The lowest BCUT2D eigenvalue weighted by molar-refractivity contribution is 0.306. The van der Waals surface area contributed by atoms with Crippen molar-refractivity contribution in [3.8, 4) is 5.75 Å². The SMILES string of the molecule is CCCCCCCCOc1cccc[c]1[Mg][CH2]CCC.Cl. The van der Waals surface area contributed by atoms with Crippen LogP contribution in [0.2, 0.25) is 4.55 Å². The Balaban J connectivity index is 0.00000400. The van der Waals surface area contributed by atoms with E-state index in [2.05, 4.69) is 38.1 Å². The number of halogens is 1. The first-order chi connectivity index (χ1) is 9.88. The van der Waals surface area contributed by atoms with Gasteiger partial charge in [-0.05, 0) is 12.5 Å². The molecule has 0 saturated heterocycles. The second-order valence-corrected chi connectivity index (χ2v) is 7.65. The number of rotatable bonds is 12. The summed E-state index contributed by atoms with van der Waals surface area (Å²) in [6, 6.07) is 8.70. The van der Waals surface area contributed by atoms with Crippen molar-refractivity contribution in [2.75, 3.05) is 6.61 Å². The van der Waals surface area contributed by atoms with E-state index in [-0.39, 0.29) is 32.8 Å². The van der Waals surface area contributed by atoms with Crippen molar-refractivity contribution in [3.63, 3.8) is 0 Å². The van der Waals surface area contributed by atoms with Crippen LogP contribution in [0.1, 0.15) is 65.2 Å². The highest BCUT2D eigenvalue weighted by molar-refractivity contribution is 6.54. The van der Waals surface area contributed by atoms with E-state index in [0.717, 1.165) is 6.61 Å². The Hall–Kier alpha value is 0.0762. The van der Waals surface area contributed by atoms with Gasteiger partial charge in [0.25, 0.3) is 0 Å². The van der Waals surface area contributed by atoms with Crippen molar-refractivity contribution in [1.29, 1.82) is 0 Å². The molecule has 1 rings (SSSR count). The molecule has 1 nitrogen and oxygen atoms in total. The zero-order chi connectivity index (χ0) is 14.5. The minimum atomic E-state index is -0.127. The summed E-state index contributed by atoms with van der Waals surface area (Å²) in [4.78, 5) is 0. The van der Waals surface area contributed by atoms with Gasteiger partial charge in [0.15, 0.2) is 0 Å². The molecule has 0 atom stereocenters. The van der Waals surface area contributed by atoms with Gasteiger partial charge in [-0.1, -0.05) is 77.0 Å². The third-order valence-corrected chi connectivity index (χ3v) is 5.75. The summed E-state index contributed by atoms with van der Waals surface area (Å²) < 4.78 is 8.94. The lowest BCUT2D eigenvalue weighted by Gasteiger charge is -2.11. The highest BCUT2D eigenvalue weighted by atomic mass is 35.5. The van der Waals surface area contributed by atoms with E-state index in [9.17, 15) is 0 Å². The Morgan fingerprint density at radius 1 is 0.857 bits per heavy atom. The molecule has 1 aromatic carbocycles. The Kier molecular flexibility index (Phi) is 15.0. The lowest BCUT2D eigenvalue weighted by Crippen LogP contribution is -2.17. The van der Waals surface area contributed by atoms with Crippen molar-refractivity contribution < 1.29 is 4.74 Å². The number of hydrogen-bond donors (Lipinski definition) is 0. The van der Waals surface area contributed by atoms with E-state index in [1.54, 1.807) is 0 Å². The normalized spacial score (nSPS) is 9.81.